The predicted octanol–water partition coefficient (Wildman–Crippen LogP) is 1.80. The first-order valence-electron chi connectivity index (χ1n) is 5.77. The van der Waals surface area contributed by atoms with Crippen LogP contribution in [0.15, 0.2) is 12.2 Å². The van der Waals surface area contributed by atoms with E-state index in [1.165, 1.54) is 6.08 Å². The molecule has 1 heterocycles. The average molecular weight is 246 g/mol. The van der Waals surface area contributed by atoms with Gasteiger partial charge in [0, 0.05) is 31.1 Å². The SMILES string of the molecule is CC(C)(C)NC(=O)/C=C/CN1CCC(F)(F)C1. The van der Waals surface area contributed by atoms with Gasteiger partial charge in [0.25, 0.3) is 5.92 Å². The summed E-state index contributed by atoms with van der Waals surface area (Å²) < 4.78 is 25.7. The Hall–Kier alpha value is -0.970. The normalized spacial score (nSPS) is 21.0. The van der Waals surface area contributed by atoms with Gasteiger partial charge in [-0.2, -0.15) is 0 Å². The number of nitrogens with zero attached hydrogens (tertiary/aromatic N) is 1. The van der Waals surface area contributed by atoms with Gasteiger partial charge in [-0.1, -0.05) is 6.08 Å². The second-order valence-electron chi connectivity index (χ2n) is 5.48. The van der Waals surface area contributed by atoms with Crippen LogP contribution in [-0.4, -0.2) is 41.9 Å². The molecule has 1 amide bonds. The smallest absolute Gasteiger partial charge is 0.261 e. The van der Waals surface area contributed by atoms with Crippen LogP contribution in [0.2, 0.25) is 0 Å². The van der Waals surface area contributed by atoms with E-state index in [9.17, 15) is 13.6 Å². The Kier molecular flexibility index (Phi) is 4.25. The van der Waals surface area contributed by atoms with E-state index in [1.54, 1.807) is 11.0 Å². The fourth-order valence-electron chi connectivity index (χ4n) is 1.68. The van der Waals surface area contributed by atoms with Crippen LogP contribution in [-0.2, 0) is 4.79 Å². The van der Waals surface area contributed by atoms with Crippen LogP contribution >= 0.6 is 0 Å². The van der Waals surface area contributed by atoms with E-state index in [0.717, 1.165) is 0 Å². The number of carbonyl (C=O) groups is 1. The first-order chi connectivity index (χ1) is 7.68. The number of likely N-dealkylation sites (tertiary alicyclic amines) is 1. The summed E-state index contributed by atoms with van der Waals surface area (Å²) >= 11 is 0. The molecule has 0 aliphatic carbocycles. The quantitative estimate of drug-likeness (QED) is 0.770. The first-order valence-corrected chi connectivity index (χ1v) is 5.77. The number of halogens is 2. The lowest BCUT2D eigenvalue weighted by Crippen LogP contribution is -2.39. The number of rotatable bonds is 3. The van der Waals surface area contributed by atoms with Gasteiger partial charge in [0.05, 0.1) is 6.54 Å². The molecule has 0 radical (unpaired) electrons. The molecule has 0 unspecified atom stereocenters. The first kappa shape index (κ1) is 14.1. The highest BCUT2D eigenvalue weighted by Gasteiger charge is 2.37. The predicted molar refractivity (Wildman–Crippen MR) is 63.0 cm³/mol. The molecule has 1 rings (SSSR count). The molecule has 1 N–H and O–H groups in total. The summed E-state index contributed by atoms with van der Waals surface area (Å²) in [6.07, 6.45) is 2.94. The zero-order chi connectivity index (χ0) is 13.1. The maximum absolute atomic E-state index is 12.9. The maximum Gasteiger partial charge on any atom is 0.261 e. The van der Waals surface area contributed by atoms with Crippen LogP contribution in [0.4, 0.5) is 8.78 Å². The molecule has 0 saturated carbocycles. The number of hydrogen-bond donors (Lipinski definition) is 1. The van der Waals surface area contributed by atoms with Crippen molar-refractivity contribution in [1.82, 2.24) is 10.2 Å². The van der Waals surface area contributed by atoms with Gasteiger partial charge in [0.15, 0.2) is 0 Å². The summed E-state index contributed by atoms with van der Waals surface area (Å²) in [5.41, 5.74) is -0.276. The number of amides is 1. The van der Waals surface area contributed by atoms with E-state index < -0.39 is 5.92 Å². The molecule has 0 aromatic carbocycles. The fourth-order valence-corrected chi connectivity index (χ4v) is 1.68. The van der Waals surface area contributed by atoms with Crippen LogP contribution < -0.4 is 5.32 Å². The minimum absolute atomic E-state index is 0.0883. The summed E-state index contributed by atoms with van der Waals surface area (Å²) in [4.78, 5) is 13.0. The van der Waals surface area contributed by atoms with E-state index in [0.29, 0.717) is 13.1 Å². The van der Waals surface area contributed by atoms with Gasteiger partial charge in [-0.05, 0) is 20.8 Å². The summed E-state index contributed by atoms with van der Waals surface area (Å²) in [5, 5.41) is 2.77. The molecule has 5 heteroatoms. The van der Waals surface area contributed by atoms with Gasteiger partial charge >= 0.3 is 0 Å². The van der Waals surface area contributed by atoms with E-state index in [-0.39, 0.29) is 24.4 Å². The van der Waals surface area contributed by atoms with Crippen molar-refractivity contribution >= 4 is 5.91 Å². The van der Waals surface area contributed by atoms with E-state index in [1.807, 2.05) is 20.8 Å². The largest absolute Gasteiger partial charge is 0.348 e. The van der Waals surface area contributed by atoms with Crippen LogP contribution in [0.5, 0.6) is 0 Å². The summed E-state index contributed by atoms with van der Waals surface area (Å²) in [5.74, 6) is -2.76. The molecule has 0 bridgehead atoms. The van der Waals surface area contributed by atoms with Crippen molar-refractivity contribution in [2.24, 2.45) is 0 Å². The van der Waals surface area contributed by atoms with Gasteiger partial charge < -0.3 is 5.32 Å². The van der Waals surface area contributed by atoms with Crippen molar-refractivity contribution in [3.63, 3.8) is 0 Å². The Morgan fingerprint density at radius 2 is 2.12 bits per heavy atom. The van der Waals surface area contributed by atoms with Crippen LogP contribution in [0, 0.1) is 0 Å². The number of nitrogens with one attached hydrogen (secondary N) is 1. The van der Waals surface area contributed by atoms with E-state index in [2.05, 4.69) is 5.32 Å². The van der Waals surface area contributed by atoms with Gasteiger partial charge in [0.1, 0.15) is 0 Å². The Morgan fingerprint density at radius 1 is 1.47 bits per heavy atom. The van der Waals surface area contributed by atoms with Crippen molar-refractivity contribution < 1.29 is 13.6 Å². The van der Waals surface area contributed by atoms with Crippen LogP contribution in [0.1, 0.15) is 27.2 Å². The molecule has 3 nitrogen and oxygen atoms in total. The third-order valence-corrected chi connectivity index (χ3v) is 2.38. The highest BCUT2D eigenvalue weighted by molar-refractivity contribution is 5.87. The molecule has 0 aromatic heterocycles. The minimum Gasteiger partial charge on any atom is -0.348 e. The Bertz CT molecular complexity index is 308. The molecule has 0 atom stereocenters. The van der Waals surface area contributed by atoms with Crippen molar-refractivity contribution in [3.05, 3.63) is 12.2 Å². The van der Waals surface area contributed by atoms with Gasteiger partial charge in [-0.3, -0.25) is 9.69 Å². The van der Waals surface area contributed by atoms with Gasteiger partial charge in [-0.25, -0.2) is 8.78 Å². The second-order valence-corrected chi connectivity index (χ2v) is 5.48. The molecular weight excluding hydrogens is 226 g/mol. The molecule has 0 aromatic rings. The van der Waals surface area contributed by atoms with Crippen LogP contribution in [0.25, 0.3) is 0 Å². The number of carbonyl (C=O) groups excluding carboxylic acids is 1. The molecule has 17 heavy (non-hydrogen) atoms. The van der Waals surface area contributed by atoms with Crippen LogP contribution in [0.3, 0.4) is 0 Å². The third-order valence-electron chi connectivity index (χ3n) is 2.38. The summed E-state index contributed by atoms with van der Waals surface area (Å²) in [6, 6.07) is 0. The highest BCUT2D eigenvalue weighted by Crippen LogP contribution is 2.26. The Balaban J connectivity index is 2.29. The van der Waals surface area contributed by atoms with Gasteiger partial charge in [0.2, 0.25) is 5.91 Å². The molecule has 1 aliphatic rings. The van der Waals surface area contributed by atoms with Crippen molar-refractivity contribution in [1.29, 1.82) is 0 Å². The number of alkyl halides is 2. The van der Waals surface area contributed by atoms with E-state index in [4.69, 9.17) is 0 Å². The lowest BCUT2D eigenvalue weighted by Gasteiger charge is -2.19. The zero-order valence-corrected chi connectivity index (χ0v) is 10.6. The van der Waals surface area contributed by atoms with Crippen molar-refractivity contribution in [3.8, 4) is 0 Å². The Labute approximate surface area is 101 Å². The third kappa shape index (κ3) is 5.77. The Morgan fingerprint density at radius 3 is 2.59 bits per heavy atom. The summed E-state index contributed by atoms with van der Waals surface area (Å²) in [7, 11) is 0. The van der Waals surface area contributed by atoms with Gasteiger partial charge in [-0.15, -0.1) is 0 Å². The molecular formula is C12H20F2N2O. The zero-order valence-electron chi connectivity index (χ0n) is 10.6. The molecule has 1 saturated heterocycles. The lowest BCUT2D eigenvalue weighted by atomic mass is 10.1. The second kappa shape index (κ2) is 5.12. The lowest BCUT2D eigenvalue weighted by molar-refractivity contribution is -0.117. The molecule has 1 aliphatic heterocycles. The fraction of sp³-hybridized carbons (Fsp3) is 0.750. The standard InChI is InChI=1S/C12H20F2N2O/c1-11(2,3)15-10(17)5-4-7-16-8-6-12(13,14)9-16/h4-5H,6-9H2,1-3H3,(H,15,17)/b5-4+. The number of hydrogen-bond acceptors (Lipinski definition) is 2. The van der Waals surface area contributed by atoms with Crippen molar-refractivity contribution in [2.45, 2.75) is 38.7 Å². The minimum atomic E-state index is -2.57. The molecule has 0 spiro atoms. The summed E-state index contributed by atoms with van der Waals surface area (Å²) in [6.45, 7) is 6.24. The molecule has 1 fully saturated rings. The van der Waals surface area contributed by atoms with Crippen molar-refractivity contribution in [2.75, 3.05) is 19.6 Å². The monoisotopic (exact) mass is 246 g/mol. The molecule has 98 valence electrons. The topological polar surface area (TPSA) is 32.3 Å². The highest BCUT2D eigenvalue weighted by atomic mass is 19.3. The average Bonchev–Trinajstić information content (AvgIpc) is 2.42. The maximum atomic E-state index is 12.9. The van der Waals surface area contributed by atoms with E-state index >= 15 is 0 Å².